The SMILES string of the molecule is CCC1COCCN1C(=O)NC1CCc2c1ccc(Cl)c2Cl. The van der Waals surface area contributed by atoms with Gasteiger partial charge in [-0.05, 0) is 36.5 Å². The highest BCUT2D eigenvalue weighted by atomic mass is 35.5. The second kappa shape index (κ2) is 6.65. The maximum Gasteiger partial charge on any atom is 0.318 e. The molecule has 0 bridgehead atoms. The highest BCUT2D eigenvalue weighted by molar-refractivity contribution is 6.42. The molecule has 0 spiro atoms. The standard InChI is InChI=1S/C16H20Cl2N2O2/c1-2-10-9-22-8-7-20(10)16(21)19-14-6-4-12-11(14)3-5-13(17)15(12)18/h3,5,10,14H,2,4,6-9H2,1H3,(H,19,21). The van der Waals surface area contributed by atoms with Gasteiger partial charge in [0, 0.05) is 6.54 Å². The van der Waals surface area contributed by atoms with Crippen LogP contribution in [0.4, 0.5) is 4.79 Å². The van der Waals surface area contributed by atoms with Crippen LogP contribution in [0.3, 0.4) is 0 Å². The number of ether oxygens (including phenoxy) is 1. The van der Waals surface area contributed by atoms with Crippen molar-refractivity contribution in [2.45, 2.75) is 38.3 Å². The highest BCUT2D eigenvalue weighted by Crippen LogP contribution is 2.39. The molecular formula is C16H20Cl2N2O2. The van der Waals surface area contributed by atoms with Gasteiger partial charge in [0.25, 0.3) is 0 Å². The molecule has 0 aromatic heterocycles. The lowest BCUT2D eigenvalue weighted by molar-refractivity contribution is 0.0107. The van der Waals surface area contributed by atoms with Gasteiger partial charge < -0.3 is 15.0 Å². The molecule has 2 atom stereocenters. The van der Waals surface area contributed by atoms with Gasteiger partial charge in [-0.25, -0.2) is 4.79 Å². The van der Waals surface area contributed by atoms with Gasteiger partial charge in [0.15, 0.2) is 0 Å². The molecule has 0 radical (unpaired) electrons. The van der Waals surface area contributed by atoms with Crippen LogP contribution in [-0.4, -0.2) is 36.7 Å². The summed E-state index contributed by atoms with van der Waals surface area (Å²) in [6, 6.07) is 3.93. The van der Waals surface area contributed by atoms with Gasteiger partial charge in [-0.2, -0.15) is 0 Å². The number of morpholine rings is 1. The van der Waals surface area contributed by atoms with Crippen LogP contribution in [0.15, 0.2) is 12.1 Å². The van der Waals surface area contributed by atoms with E-state index in [1.165, 1.54) is 0 Å². The number of nitrogens with zero attached hydrogens (tertiary/aromatic N) is 1. The molecule has 3 rings (SSSR count). The number of halogens is 2. The Labute approximate surface area is 140 Å². The van der Waals surface area contributed by atoms with Gasteiger partial charge in [-0.15, -0.1) is 0 Å². The molecule has 1 heterocycles. The summed E-state index contributed by atoms with van der Waals surface area (Å²) in [6.07, 6.45) is 2.61. The molecule has 1 saturated heterocycles. The number of fused-ring (bicyclic) bond motifs is 1. The molecule has 1 N–H and O–H groups in total. The molecule has 4 nitrogen and oxygen atoms in total. The number of hydrogen-bond acceptors (Lipinski definition) is 2. The number of urea groups is 1. The van der Waals surface area contributed by atoms with Gasteiger partial charge in [0.2, 0.25) is 0 Å². The van der Waals surface area contributed by atoms with Gasteiger partial charge in [0.05, 0.1) is 35.3 Å². The van der Waals surface area contributed by atoms with E-state index in [1.807, 2.05) is 11.0 Å². The van der Waals surface area contributed by atoms with E-state index in [4.69, 9.17) is 27.9 Å². The average Bonchev–Trinajstić information content (AvgIpc) is 2.94. The molecule has 1 aromatic carbocycles. The molecule has 0 saturated carbocycles. The second-order valence-electron chi connectivity index (χ2n) is 5.80. The van der Waals surface area contributed by atoms with Crippen molar-refractivity contribution in [1.82, 2.24) is 10.2 Å². The van der Waals surface area contributed by atoms with Crippen molar-refractivity contribution in [2.75, 3.05) is 19.8 Å². The second-order valence-corrected chi connectivity index (χ2v) is 6.59. The molecule has 6 heteroatoms. The number of benzene rings is 1. The number of amides is 2. The first-order valence-electron chi connectivity index (χ1n) is 7.73. The van der Waals surface area contributed by atoms with E-state index in [0.717, 1.165) is 30.4 Å². The van der Waals surface area contributed by atoms with Crippen LogP contribution < -0.4 is 5.32 Å². The van der Waals surface area contributed by atoms with Gasteiger partial charge in [0.1, 0.15) is 0 Å². The first-order chi connectivity index (χ1) is 10.6. The zero-order valence-electron chi connectivity index (χ0n) is 12.6. The van der Waals surface area contributed by atoms with Crippen LogP contribution in [0.25, 0.3) is 0 Å². The van der Waals surface area contributed by atoms with E-state index in [2.05, 4.69) is 12.2 Å². The van der Waals surface area contributed by atoms with Crippen LogP contribution in [0.2, 0.25) is 10.0 Å². The first-order valence-corrected chi connectivity index (χ1v) is 8.49. The van der Waals surface area contributed by atoms with E-state index in [0.29, 0.717) is 29.8 Å². The van der Waals surface area contributed by atoms with Gasteiger partial charge in [-0.3, -0.25) is 0 Å². The van der Waals surface area contributed by atoms with Crippen molar-refractivity contribution in [3.63, 3.8) is 0 Å². The Bertz CT molecular complexity index is 580. The van der Waals surface area contributed by atoms with E-state index in [9.17, 15) is 4.79 Å². The fourth-order valence-electron chi connectivity index (χ4n) is 3.27. The van der Waals surface area contributed by atoms with Crippen molar-refractivity contribution in [2.24, 2.45) is 0 Å². The predicted octanol–water partition coefficient (Wildman–Crippen LogP) is 3.80. The average molecular weight is 343 g/mol. The summed E-state index contributed by atoms with van der Waals surface area (Å²) in [5.41, 5.74) is 2.15. The van der Waals surface area contributed by atoms with Crippen LogP contribution in [0, 0.1) is 0 Å². The smallest absolute Gasteiger partial charge is 0.318 e. The molecule has 1 aliphatic heterocycles. The summed E-state index contributed by atoms with van der Waals surface area (Å²) >= 11 is 12.3. The number of carbonyl (C=O) groups excluding carboxylic acids is 1. The quantitative estimate of drug-likeness (QED) is 0.887. The third kappa shape index (κ3) is 2.92. The minimum Gasteiger partial charge on any atom is -0.377 e. The van der Waals surface area contributed by atoms with Crippen LogP contribution in [0.1, 0.15) is 36.9 Å². The van der Waals surface area contributed by atoms with Crippen molar-refractivity contribution in [3.8, 4) is 0 Å². The fraction of sp³-hybridized carbons (Fsp3) is 0.562. The molecule has 120 valence electrons. The van der Waals surface area contributed by atoms with Crippen LogP contribution >= 0.6 is 23.2 Å². The van der Waals surface area contributed by atoms with Crippen molar-refractivity contribution in [3.05, 3.63) is 33.3 Å². The van der Waals surface area contributed by atoms with Gasteiger partial charge in [-0.1, -0.05) is 36.2 Å². The molecular weight excluding hydrogens is 323 g/mol. The number of nitrogens with one attached hydrogen (secondary N) is 1. The Morgan fingerprint density at radius 3 is 3.05 bits per heavy atom. The minimum absolute atomic E-state index is 0.0117. The van der Waals surface area contributed by atoms with Crippen molar-refractivity contribution >= 4 is 29.2 Å². The third-order valence-corrected chi connectivity index (χ3v) is 5.39. The third-order valence-electron chi connectivity index (χ3n) is 4.55. The zero-order chi connectivity index (χ0) is 15.7. The molecule has 1 aromatic rings. The summed E-state index contributed by atoms with van der Waals surface area (Å²) in [7, 11) is 0. The number of carbonyl (C=O) groups is 1. The Hall–Kier alpha value is -0.970. The molecule has 1 fully saturated rings. The monoisotopic (exact) mass is 342 g/mol. The molecule has 22 heavy (non-hydrogen) atoms. The summed E-state index contributed by atoms with van der Waals surface area (Å²) in [4.78, 5) is 14.5. The molecule has 2 aliphatic rings. The topological polar surface area (TPSA) is 41.6 Å². The fourth-order valence-corrected chi connectivity index (χ4v) is 3.72. The van der Waals surface area contributed by atoms with Gasteiger partial charge >= 0.3 is 6.03 Å². The summed E-state index contributed by atoms with van der Waals surface area (Å²) in [6.45, 7) is 3.94. The largest absolute Gasteiger partial charge is 0.377 e. The predicted molar refractivity (Wildman–Crippen MR) is 87.7 cm³/mol. The van der Waals surface area contributed by atoms with E-state index < -0.39 is 0 Å². The lowest BCUT2D eigenvalue weighted by atomic mass is 10.1. The molecule has 2 unspecified atom stereocenters. The molecule has 1 aliphatic carbocycles. The maximum absolute atomic E-state index is 12.6. The number of rotatable bonds is 2. The highest BCUT2D eigenvalue weighted by Gasteiger charge is 2.31. The Morgan fingerprint density at radius 2 is 2.27 bits per heavy atom. The Balaban J connectivity index is 1.73. The normalized spacial score (nSPS) is 24.2. The van der Waals surface area contributed by atoms with Crippen molar-refractivity contribution in [1.29, 1.82) is 0 Å². The maximum atomic E-state index is 12.6. The van der Waals surface area contributed by atoms with E-state index in [-0.39, 0.29) is 18.1 Å². The lowest BCUT2D eigenvalue weighted by Gasteiger charge is -2.35. The zero-order valence-corrected chi connectivity index (χ0v) is 14.1. The van der Waals surface area contributed by atoms with E-state index >= 15 is 0 Å². The number of hydrogen-bond donors (Lipinski definition) is 1. The molecule has 2 amide bonds. The van der Waals surface area contributed by atoms with Crippen LogP contribution in [0.5, 0.6) is 0 Å². The first kappa shape index (κ1) is 15.9. The summed E-state index contributed by atoms with van der Waals surface area (Å²) < 4.78 is 5.45. The lowest BCUT2D eigenvalue weighted by Crippen LogP contribution is -2.52. The minimum atomic E-state index is -0.0147. The van der Waals surface area contributed by atoms with Crippen molar-refractivity contribution < 1.29 is 9.53 Å². The summed E-state index contributed by atoms with van der Waals surface area (Å²) in [5.74, 6) is 0. The van der Waals surface area contributed by atoms with Crippen LogP contribution in [-0.2, 0) is 11.2 Å². The Kier molecular flexibility index (Phi) is 4.81. The van der Waals surface area contributed by atoms with E-state index in [1.54, 1.807) is 6.07 Å². The summed E-state index contributed by atoms with van der Waals surface area (Å²) in [5, 5.41) is 4.34. The Morgan fingerprint density at radius 1 is 1.45 bits per heavy atom.